The molecule has 0 unspecified atom stereocenters. The number of alkyl halides is 3. The molecule has 0 radical (unpaired) electrons. The molecular formula is C21H17F3N4O. The van der Waals surface area contributed by atoms with Gasteiger partial charge in [0.2, 0.25) is 5.91 Å². The molecule has 1 aromatic heterocycles. The molecule has 0 saturated heterocycles. The summed E-state index contributed by atoms with van der Waals surface area (Å²) in [6, 6.07) is 13.9. The van der Waals surface area contributed by atoms with Crippen molar-refractivity contribution >= 4 is 17.2 Å². The first-order valence-electron chi connectivity index (χ1n) is 9.08. The number of halogens is 3. The smallest absolute Gasteiger partial charge is 0.322 e. The third-order valence-electron chi connectivity index (χ3n) is 4.52. The zero-order valence-corrected chi connectivity index (χ0v) is 15.2. The molecule has 4 rings (SSSR count). The zero-order valence-electron chi connectivity index (χ0n) is 15.2. The Morgan fingerprint density at radius 1 is 1.10 bits per heavy atom. The maximum Gasteiger partial charge on any atom is 0.417 e. The van der Waals surface area contributed by atoms with Gasteiger partial charge in [0.25, 0.3) is 0 Å². The van der Waals surface area contributed by atoms with Gasteiger partial charge in [-0.2, -0.15) is 18.3 Å². The first-order chi connectivity index (χ1) is 13.9. The van der Waals surface area contributed by atoms with E-state index in [1.165, 1.54) is 24.3 Å². The van der Waals surface area contributed by atoms with E-state index in [1.54, 1.807) is 30.3 Å². The number of nitrogens with one attached hydrogen (secondary N) is 2. The molecule has 2 aromatic carbocycles. The van der Waals surface area contributed by atoms with Crippen LogP contribution >= 0.6 is 0 Å². The first-order valence-corrected chi connectivity index (χ1v) is 9.08. The van der Waals surface area contributed by atoms with Crippen LogP contribution < -0.4 is 5.32 Å². The maximum atomic E-state index is 13.4. The topological polar surface area (TPSA) is 70.7 Å². The van der Waals surface area contributed by atoms with E-state index in [0.717, 1.165) is 18.7 Å². The van der Waals surface area contributed by atoms with Crippen molar-refractivity contribution in [2.45, 2.75) is 24.9 Å². The number of amides is 1. The van der Waals surface area contributed by atoms with Crippen LogP contribution in [0, 0.1) is 0 Å². The van der Waals surface area contributed by atoms with E-state index in [-0.39, 0.29) is 5.56 Å². The van der Waals surface area contributed by atoms with Crippen LogP contribution in [0.4, 0.5) is 18.9 Å². The van der Waals surface area contributed by atoms with E-state index < -0.39 is 17.7 Å². The monoisotopic (exact) mass is 398 g/mol. The fourth-order valence-electron chi connectivity index (χ4n) is 2.93. The Balaban J connectivity index is 1.55. The van der Waals surface area contributed by atoms with Crippen molar-refractivity contribution in [2.75, 3.05) is 5.32 Å². The average Bonchev–Trinajstić information content (AvgIpc) is 3.43. The summed E-state index contributed by atoms with van der Waals surface area (Å²) in [4.78, 5) is 16.7. The van der Waals surface area contributed by atoms with Crippen LogP contribution in [0.1, 0.15) is 30.1 Å². The van der Waals surface area contributed by atoms with Gasteiger partial charge in [0.15, 0.2) is 5.82 Å². The molecule has 1 amide bonds. The normalized spacial score (nSPS) is 14.7. The minimum atomic E-state index is -4.65. The highest BCUT2D eigenvalue weighted by molar-refractivity contribution is 6.04. The number of allylic oxidation sites excluding steroid dienone is 1. The third-order valence-corrected chi connectivity index (χ3v) is 4.52. The Morgan fingerprint density at radius 3 is 2.55 bits per heavy atom. The summed E-state index contributed by atoms with van der Waals surface area (Å²) in [5.74, 6) is 0.865. The number of rotatable bonds is 5. The van der Waals surface area contributed by atoms with Crippen LogP contribution in [-0.2, 0) is 4.79 Å². The molecule has 2 N–H and O–H groups in total. The number of benzene rings is 2. The van der Waals surface area contributed by atoms with E-state index in [9.17, 15) is 18.0 Å². The number of nitrogens with zero attached hydrogens (tertiary/aromatic N) is 2. The molecule has 148 valence electrons. The minimum Gasteiger partial charge on any atom is -0.322 e. The van der Waals surface area contributed by atoms with Gasteiger partial charge < -0.3 is 5.32 Å². The molecule has 3 aromatic rings. The van der Waals surface area contributed by atoms with Crippen LogP contribution in [0.3, 0.4) is 0 Å². The van der Waals surface area contributed by atoms with Crippen LogP contribution in [0.25, 0.3) is 17.0 Å². The number of aromatic amines is 1. The standard InChI is InChI=1S/C21H17F3N4O/c22-21(23,24)17(13-5-2-1-3-6-13)12-18(29)25-16-8-4-7-15(11-16)20-26-19(27-28-20)14-9-10-14/h1-8,11-12,14H,9-10H2,(H,25,29)(H,26,27,28)/b17-12-. The lowest BCUT2D eigenvalue weighted by atomic mass is 10.1. The van der Waals surface area contributed by atoms with Gasteiger partial charge in [-0.3, -0.25) is 9.89 Å². The number of carbonyl (C=O) groups is 1. The van der Waals surface area contributed by atoms with Gasteiger partial charge in [0, 0.05) is 23.2 Å². The molecule has 5 nitrogen and oxygen atoms in total. The maximum absolute atomic E-state index is 13.4. The summed E-state index contributed by atoms with van der Waals surface area (Å²) >= 11 is 0. The molecular weight excluding hydrogens is 381 g/mol. The fraction of sp³-hybridized carbons (Fsp3) is 0.190. The molecule has 0 aliphatic heterocycles. The lowest BCUT2D eigenvalue weighted by molar-refractivity contribution is -0.112. The molecule has 0 atom stereocenters. The van der Waals surface area contributed by atoms with Crippen molar-refractivity contribution in [1.29, 1.82) is 0 Å². The van der Waals surface area contributed by atoms with Crippen molar-refractivity contribution in [1.82, 2.24) is 15.2 Å². The second-order valence-corrected chi connectivity index (χ2v) is 6.81. The largest absolute Gasteiger partial charge is 0.417 e. The zero-order chi connectivity index (χ0) is 20.4. The second-order valence-electron chi connectivity index (χ2n) is 6.81. The lowest BCUT2D eigenvalue weighted by Gasteiger charge is -2.12. The summed E-state index contributed by atoms with van der Waals surface area (Å²) in [6.07, 6.45) is -1.92. The second kappa shape index (κ2) is 7.54. The van der Waals surface area contributed by atoms with Crippen LogP contribution in [-0.4, -0.2) is 27.3 Å². The molecule has 8 heteroatoms. The van der Waals surface area contributed by atoms with Crippen molar-refractivity contribution in [2.24, 2.45) is 0 Å². The number of hydrogen-bond acceptors (Lipinski definition) is 3. The van der Waals surface area contributed by atoms with Gasteiger partial charge >= 0.3 is 6.18 Å². The molecule has 1 saturated carbocycles. The highest BCUT2D eigenvalue weighted by atomic mass is 19.4. The van der Waals surface area contributed by atoms with Crippen LogP contribution in [0.2, 0.25) is 0 Å². The SMILES string of the molecule is O=C(/C=C(/c1ccccc1)C(F)(F)F)Nc1cccc(-c2n[nH]c(C3CC3)n2)c1. The van der Waals surface area contributed by atoms with E-state index in [4.69, 9.17) is 0 Å². The van der Waals surface area contributed by atoms with Gasteiger partial charge in [-0.1, -0.05) is 42.5 Å². The number of aromatic nitrogens is 3. The van der Waals surface area contributed by atoms with E-state index in [1.807, 2.05) is 0 Å². The Labute approximate surface area is 164 Å². The van der Waals surface area contributed by atoms with E-state index in [0.29, 0.717) is 29.1 Å². The minimum absolute atomic E-state index is 0.0720. The van der Waals surface area contributed by atoms with Crippen molar-refractivity contribution in [3.8, 4) is 11.4 Å². The van der Waals surface area contributed by atoms with Gasteiger partial charge in [0.1, 0.15) is 5.82 Å². The highest BCUT2D eigenvalue weighted by Gasteiger charge is 2.35. The lowest BCUT2D eigenvalue weighted by Crippen LogP contribution is -2.16. The Kier molecular flexibility index (Phi) is 4.92. The highest BCUT2D eigenvalue weighted by Crippen LogP contribution is 2.38. The Hall–Kier alpha value is -3.42. The van der Waals surface area contributed by atoms with Crippen molar-refractivity contribution in [3.05, 3.63) is 72.1 Å². The van der Waals surface area contributed by atoms with Crippen molar-refractivity contribution < 1.29 is 18.0 Å². The number of H-pyrrole nitrogens is 1. The number of anilines is 1. The molecule has 0 spiro atoms. The van der Waals surface area contributed by atoms with Gasteiger partial charge in [0.05, 0.1) is 5.57 Å². The quantitative estimate of drug-likeness (QED) is 0.599. The molecule has 1 fully saturated rings. The van der Waals surface area contributed by atoms with E-state index >= 15 is 0 Å². The van der Waals surface area contributed by atoms with Gasteiger partial charge in [-0.25, -0.2) is 4.98 Å². The average molecular weight is 398 g/mol. The summed E-state index contributed by atoms with van der Waals surface area (Å²) in [6.45, 7) is 0. The third kappa shape index (κ3) is 4.53. The van der Waals surface area contributed by atoms with Gasteiger partial charge in [-0.05, 0) is 30.5 Å². The predicted molar refractivity (Wildman–Crippen MR) is 103 cm³/mol. The summed E-state index contributed by atoms with van der Waals surface area (Å²) in [7, 11) is 0. The summed E-state index contributed by atoms with van der Waals surface area (Å²) < 4.78 is 40.2. The van der Waals surface area contributed by atoms with Crippen LogP contribution in [0.5, 0.6) is 0 Å². The summed E-state index contributed by atoms with van der Waals surface area (Å²) in [5, 5.41) is 9.57. The first kappa shape index (κ1) is 18.9. The van der Waals surface area contributed by atoms with E-state index in [2.05, 4.69) is 20.5 Å². The van der Waals surface area contributed by atoms with Gasteiger partial charge in [-0.15, -0.1) is 0 Å². The molecule has 1 aliphatic carbocycles. The predicted octanol–water partition coefficient (Wildman–Crippen LogP) is 4.93. The molecule has 0 bridgehead atoms. The van der Waals surface area contributed by atoms with Crippen LogP contribution in [0.15, 0.2) is 60.7 Å². The number of hydrogen-bond donors (Lipinski definition) is 2. The number of carbonyl (C=O) groups excluding carboxylic acids is 1. The fourth-order valence-corrected chi connectivity index (χ4v) is 2.93. The Morgan fingerprint density at radius 2 is 1.86 bits per heavy atom. The molecule has 1 aliphatic rings. The summed E-state index contributed by atoms with van der Waals surface area (Å²) in [5.41, 5.74) is -0.0582. The van der Waals surface area contributed by atoms with Crippen molar-refractivity contribution in [3.63, 3.8) is 0 Å². The molecule has 29 heavy (non-hydrogen) atoms. The Bertz CT molecular complexity index is 1050. The molecule has 1 heterocycles.